The van der Waals surface area contributed by atoms with E-state index < -0.39 is 5.75 Å². The Morgan fingerprint density at radius 2 is 1.89 bits per heavy atom. The summed E-state index contributed by atoms with van der Waals surface area (Å²) in [6, 6.07) is 4.29. The maximum absolute atomic E-state index is 11.5. The fourth-order valence-corrected chi connectivity index (χ4v) is 1.64. The van der Waals surface area contributed by atoms with Crippen molar-refractivity contribution in [2.45, 2.75) is 45.4 Å². The van der Waals surface area contributed by atoms with Crippen molar-refractivity contribution >= 4 is 5.97 Å². The number of phenols is 2. The van der Waals surface area contributed by atoms with Crippen LogP contribution in [0.3, 0.4) is 0 Å². The number of para-hydroxylation sites is 1. The Morgan fingerprint density at radius 1 is 1.17 bits per heavy atom. The molecule has 0 saturated carbocycles. The van der Waals surface area contributed by atoms with E-state index in [0.717, 1.165) is 19.3 Å². The van der Waals surface area contributed by atoms with Crippen molar-refractivity contribution in [3.05, 3.63) is 18.2 Å². The normalized spacial score (nSPS) is 10.3. The highest BCUT2D eigenvalue weighted by molar-refractivity contribution is 5.73. The third-order valence-electron chi connectivity index (χ3n) is 2.69. The summed E-state index contributed by atoms with van der Waals surface area (Å²) in [5.74, 6) is -1.05. The van der Waals surface area contributed by atoms with Crippen molar-refractivity contribution in [3.8, 4) is 17.2 Å². The number of aromatic hydroxyl groups is 2. The van der Waals surface area contributed by atoms with Crippen molar-refractivity contribution in [2.24, 2.45) is 0 Å². The van der Waals surface area contributed by atoms with Gasteiger partial charge in [-0.2, -0.15) is 0 Å². The standard InChI is InChI=1S/C14H20O4/c1-2-3-4-5-6-10-13(16)18-12-9-7-8-11(15)14(12)17/h7-9,15,17H,2-6,10H2,1H3. The number of hydrogen-bond acceptors (Lipinski definition) is 4. The summed E-state index contributed by atoms with van der Waals surface area (Å²) in [4.78, 5) is 11.5. The Morgan fingerprint density at radius 3 is 2.61 bits per heavy atom. The number of hydrogen-bond donors (Lipinski definition) is 2. The van der Waals surface area contributed by atoms with Crippen LogP contribution in [0.2, 0.25) is 0 Å². The largest absolute Gasteiger partial charge is 0.504 e. The number of benzene rings is 1. The molecule has 0 heterocycles. The van der Waals surface area contributed by atoms with Gasteiger partial charge in [0, 0.05) is 6.42 Å². The minimum absolute atomic E-state index is 0.00792. The number of ether oxygens (including phenoxy) is 1. The molecule has 1 aromatic rings. The van der Waals surface area contributed by atoms with Gasteiger partial charge in [0.05, 0.1) is 0 Å². The van der Waals surface area contributed by atoms with Gasteiger partial charge in [-0.3, -0.25) is 4.79 Å². The van der Waals surface area contributed by atoms with E-state index in [1.54, 1.807) is 0 Å². The molecule has 1 aromatic carbocycles. The first-order valence-corrected chi connectivity index (χ1v) is 6.36. The quantitative estimate of drug-likeness (QED) is 0.338. The van der Waals surface area contributed by atoms with E-state index in [1.807, 2.05) is 0 Å². The molecule has 100 valence electrons. The molecule has 4 heteroatoms. The second-order valence-corrected chi connectivity index (χ2v) is 4.26. The van der Waals surface area contributed by atoms with Gasteiger partial charge in [-0.25, -0.2) is 0 Å². The van der Waals surface area contributed by atoms with Gasteiger partial charge in [0.1, 0.15) is 0 Å². The smallest absolute Gasteiger partial charge is 0.311 e. The monoisotopic (exact) mass is 252 g/mol. The molecule has 2 N–H and O–H groups in total. The van der Waals surface area contributed by atoms with E-state index in [2.05, 4.69) is 6.92 Å². The van der Waals surface area contributed by atoms with Gasteiger partial charge in [-0.15, -0.1) is 0 Å². The Bertz CT molecular complexity index is 387. The van der Waals surface area contributed by atoms with Crippen molar-refractivity contribution in [2.75, 3.05) is 0 Å². The van der Waals surface area contributed by atoms with Crippen LogP contribution in [0, 0.1) is 0 Å². The second kappa shape index (κ2) is 7.58. The van der Waals surface area contributed by atoms with E-state index in [9.17, 15) is 15.0 Å². The highest BCUT2D eigenvalue weighted by Gasteiger charge is 2.11. The van der Waals surface area contributed by atoms with Crippen molar-refractivity contribution < 1.29 is 19.7 Å². The van der Waals surface area contributed by atoms with E-state index in [0.29, 0.717) is 6.42 Å². The molecule has 0 radical (unpaired) electrons. The first-order valence-electron chi connectivity index (χ1n) is 6.36. The van der Waals surface area contributed by atoms with E-state index in [4.69, 9.17) is 4.74 Å². The molecule has 1 rings (SSSR count). The Balaban J connectivity index is 2.34. The average Bonchev–Trinajstić information content (AvgIpc) is 2.35. The van der Waals surface area contributed by atoms with E-state index in [-0.39, 0.29) is 17.5 Å². The predicted molar refractivity (Wildman–Crippen MR) is 68.8 cm³/mol. The Hall–Kier alpha value is -1.71. The maximum atomic E-state index is 11.5. The number of phenolic OH excluding ortho intramolecular Hbond substituents is 2. The molecule has 0 aromatic heterocycles. The van der Waals surface area contributed by atoms with Gasteiger partial charge < -0.3 is 14.9 Å². The molecule has 0 unspecified atom stereocenters. The van der Waals surface area contributed by atoms with E-state index >= 15 is 0 Å². The summed E-state index contributed by atoms with van der Waals surface area (Å²) < 4.78 is 4.98. The molecule has 0 aliphatic rings. The van der Waals surface area contributed by atoms with Crippen LogP contribution >= 0.6 is 0 Å². The van der Waals surface area contributed by atoms with Crippen LogP contribution in [0.1, 0.15) is 45.4 Å². The molecule has 0 aliphatic carbocycles. The molecule has 0 amide bonds. The Labute approximate surface area is 107 Å². The summed E-state index contributed by atoms with van der Waals surface area (Å²) in [5, 5.41) is 18.7. The molecule has 0 aliphatic heterocycles. The van der Waals surface area contributed by atoms with Crippen molar-refractivity contribution in [1.29, 1.82) is 0 Å². The van der Waals surface area contributed by atoms with Gasteiger partial charge in [0.15, 0.2) is 11.5 Å². The van der Waals surface area contributed by atoms with Crippen LogP contribution in [-0.4, -0.2) is 16.2 Å². The van der Waals surface area contributed by atoms with Crippen LogP contribution in [0.4, 0.5) is 0 Å². The molecule has 4 nitrogen and oxygen atoms in total. The van der Waals surface area contributed by atoms with Crippen molar-refractivity contribution in [1.82, 2.24) is 0 Å². The lowest BCUT2D eigenvalue weighted by Gasteiger charge is -2.07. The molecular formula is C14H20O4. The minimum atomic E-state index is -0.392. The first kappa shape index (κ1) is 14.4. The lowest BCUT2D eigenvalue weighted by atomic mass is 10.1. The predicted octanol–water partition coefficient (Wildman–Crippen LogP) is 3.36. The molecule has 0 bridgehead atoms. The zero-order chi connectivity index (χ0) is 13.4. The van der Waals surface area contributed by atoms with Gasteiger partial charge in [-0.05, 0) is 18.6 Å². The number of carbonyl (C=O) groups is 1. The first-order chi connectivity index (χ1) is 8.65. The minimum Gasteiger partial charge on any atom is -0.504 e. The molecule has 0 fully saturated rings. The summed E-state index contributed by atoms with van der Waals surface area (Å²) >= 11 is 0. The van der Waals surface area contributed by atoms with Crippen LogP contribution < -0.4 is 4.74 Å². The third kappa shape index (κ3) is 4.65. The van der Waals surface area contributed by atoms with Gasteiger partial charge in [-0.1, -0.05) is 38.7 Å². The fourth-order valence-electron chi connectivity index (χ4n) is 1.64. The van der Waals surface area contributed by atoms with Crippen LogP contribution in [0.15, 0.2) is 18.2 Å². The van der Waals surface area contributed by atoms with Crippen LogP contribution in [0.25, 0.3) is 0 Å². The lowest BCUT2D eigenvalue weighted by Crippen LogP contribution is -2.07. The zero-order valence-electron chi connectivity index (χ0n) is 10.7. The van der Waals surface area contributed by atoms with Gasteiger partial charge in [0.25, 0.3) is 0 Å². The third-order valence-corrected chi connectivity index (χ3v) is 2.69. The van der Waals surface area contributed by atoms with E-state index in [1.165, 1.54) is 31.0 Å². The molecule has 18 heavy (non-hydrogen) atoms. The summed E-state index contributed by atoms with van der Waals surface area (Å²) in [7, 11) is 0. The SMILES string of the molecule is CCCCCCCC(=O)Oc1cccc(O)c1O. The summed E-state index contributed by atoms with van der Waals surface area (Å²) in [6.07, 6.45) is 5.61. The number of esters is 1. The Kier molecular flexibility index (Phi) is 6.05. The average molecular weight is 252 g/mol. The van der Waals surface area contributed by atoms with Gasteiger partial charge >= 0.3 is 5.97 Å². The topological polar surface area (TPSA) is 66.8 Å². The number of carbonyl (C=O) groups excluding carboxylic acids is 1. The second-order valence-electron chi connectivity index (χ2n) is 4.26. The zero-order valence-corrected chi connectivity index (χ0v) is 10.7. The molecule has 0 saturated heterocycles. The van der Waals surface area contributed by atoms with Crippen LogP contribution in [-0.2, 0) is 4.79 Å². The number of unbranched alkanes of at least 4 members (excludes halogenated alkanes) is 4. The number of rotatable bonds is 7. The molecule has 0 atom stereocenters. The summed E-state index contributed by atoms with van der Waals surface area (Å²) in [5.41, 5.74) is 0. The van der Waals surface area contributed by atoms with Crippen molar-refractivity contribution in [3.63, 3.8) is 0 Å². The fraction of sp³-hybridized carbons (Fsp3) is 0.500. The molecular weight excluding hydrogens is 232 g/mol. The van der Waals surface area contributed by atoms with Crippen LogP contribution in [0.5, 0.6) is 17.2 Å². The molecule has 0 spiro atoms. The highest BCUT2D eigenvalue weighted by atomic mass is 16.5. The maximum Gasteiger partial charge on any atom is 0.311 e. The van der Waals surface area contributed by atoms with Gasteiger partial charge in [0.2, 0.25) is 5.75 Å². The highest BCUT2D eigenvalue weighted by Crippen LogP contribution is 2.34. The lowest BCUT2D eigenvalue weighted by molar-refractivity contribution is -0.134. The summed E-state index contributed by atoms with van der Waals surface area (Å²) in [6.45, 7) is 2.14.